The zero-order chi connectivity index (χ0) is 16.9. The van der Waals surface area contributed by atoms with E-state index in [9.17, 15) is 9.59 Å². The second-order valence-electron chi connectivity index (χ2n) is 5.85. The van der Waals surface area contributed by atoms with Gasteiger partial charge >= 0.3 is 11.9 Å². The molecule has 1 heterocycles. The van der Waals surface area contributed by atoms with Crippen molar-refractivity contribution >= 4 is 11.9 Å². The van der Waals surface area contributed by atoms with E-state index in [1.165, 1.54) is 6.20 Å². The van der Waals surface area contributed by atoms with Gasteiger partial charge in [-0.05, 0) is 25.3 Å². The summed E-state index contributed by atoms with van der Waals surface area (Å²) in [6, 6.07) is 9.79. The molecule has 3 rings (SSSR count). The van der Waals surface area contributed by atoms with Gasteiger partial charge in [-0.25, -0.2) is 9.78 Å². The number of carbonyl (C=O) groups excluding carboxylic acids is 2. The monoisotopic (exact) mass is 328 g/mol. The number of ether oxygens (including phenoxy) is 2. The lowest BCUT2D eigenvalue weighted by atomic mass is 10.1. The van der Waals surface area contributed by atoms with Gasteiger partial charge in [0.2, 0.25) is 0 Å². The Morgan fingerprint density at radius 1 is 1.29 bits per heavy atom. The third-order valence-electron chi connectivity index (χ3n) is 3.94. The molecule has 0 saturated heterocycles. The Morgan fingerprint density at radius 3 is 2.75 bits per heavy atom. The van der Waals surface area contributed by atoms with Crippen LogP contribution in [0.4, 0.5) is 0 Å². The van der Waals surface area contributed by atoms with Crippen molar-refractivity contribution in [2.45, 2.75) is 38.3 Å². The summed E-state index contributed by atoms with van der Waals surface area (Å²) in [7, 11) is 0. The summed E-state index contributed by atoms with van der Waals surface area (Å²) < 4.78 is 12.1. The molecule has 0 N–H and O–H groups in total. The smallest absolute Gasteiger partial charge is 0.356 e. The molecule has 126 valence electrons. The molecular weight excluding hydrogens is 308 g/mol. The van der Waals surface area contributed by atoms with Crippen LogP contribution in [0.3, 0.4) is 0 Å². The number of hydrogen-bond acceptors (Lipinski definition) is 5. The van der Waals surface area contributed by atoms with Crippen LogP contribution < -0.4 is 0 Å². The summed E-state index contributed by atoms with van der Waals surface area (Å²) in [5, 5.41) is 0. The standard InChI is InChI=1S/C18H20N2O4/c1-13(14-5-3-2-4-6-14)20-12-19-11-16(20)18(22)23-10-9-17(21)24-15-7-8-15/h2-6,11-13,15H,7-10H2,1H3. The van der Waals surface area contributed by atoms with Gasteiger partial charge in [0.05, 0.1) is 25.0 Å². The zero-order valence-electron chi connectivity index (χ0n) is 13.6. The number of nitrogens with zero attached hydrogens (tertiary/aromatic N) is 2. The highest BCUT2D eigenvalue weighted by Gasteiger charge is 2.26. The first-order chi connectivity index (χ1) is 11.6. The Balaban J connectivity index is 1.57. The SMILES string of the molecule is CC(c1ccccc1)n1cncc1C(=O)OCCC(=O)OC1CC1. The van der Waals surface area contributed by atoms with Crippen molar-refractivity contribution in [2.24, 2.45) is 0 Å². The van der Waals surface area contributed by atoms with Crippen LogP contribution in [0.1, 0.15) is 48.3 Å². The molecule has 1 saturated carbocycles. The minimum absolute atomic E-state index is 0.00921. The topological polar surface area (TPSA) is 70.4 Å². The molecule has 0 spiro atoms. The predicted octanol–water partition coefficient (Wildman–Crippen LogP) is 2.74. The molecule has 1 aliphatic rings. The Labute approximate surface area is 140 Å². The summed E-state index contributed by atoms with van der Waals surface area (Å²) in [4.78, 5) is 27.8. The van der Waals surface area contributed by atoms with Crippen LogP contribution >= 0.6 is 0 Å². The van der Waals surface area contributed by atoms with Gasteiger partial charge in [-0.3, -0.25) is 4.79 Å². The maximum Gasteiger partial charge on any atom is 0.356 e. The Hall–Kier alpha value is -2.63. The second kappa shape index (κ2) is 7.29. The van der Waals surface area contributed by atoms with Gasteiger partial charge in [0.1, 0.15) is 18.4 Å². The fourth-order valence-corrected chi connectivity index (χ4v) is 2.40. The third kappa shape index (κ3) is 4.01. The maximum absolute atomic E-state index is 12.2. The van der Waals surface area contributed by atoms with Gasteiger partial charge in [-0.1, -0.05) is 30.3 Å². The first-order valence-electron chi connectivity index (χ1n) is 8.08. The van der Waals surface area contributed by atoms with E-state index >= 15 is 0 Å². The number of imidazole rings is 1. The molecule has 6 heteroatoms. The Kier molecular flexibility index (Phi) is 4.93. The number of carbonyl (C=O) groups is 2. The largest absolute Gasteiger partial charge is 0.462 e. The molecular formula is C18H20N2O4. The molecule has 1 aromatic carbocycles. The van der Waals surface area contributed by atoms with Crippen LogP contribution in [0.15, 0.2) is 42.9 Å². The van der Waals surface area contributed by atoms with Crippen molar-refractivity contribution in [3.63, 3.8) is 0 Å². The van der Waals surface area contributed by atoms with E-state index in [-0.39, 0.29) is 31.1 Å². The second-order valence-corrected chi connectivity index (χ2v) is 5.85. The molecule has 0 radical (unpaired) electrons. The number of benzene rings is 1. The van der Waals surface area contributed by atoms with E-state index in [1.807, 2.05) is 37.3 Å². The van der Waals surface area contributed by atoms with E-state index in [0.29, 0.717) is 5.69 Å². The van der Waals surface area contributed by atoms with Gasteiger partial charge in [0, 0.05) is 0 Å². The van der Waals surface area contributed by atoms with Crippen molar-refractivity contribution in [3.05, 3.63) is 54.1 Å². The first kappa shape index (κ1) is 16.2. The van der Waals surface area contributed by atoms with Crippen LogP contribution in [0.2, 0.25) is 0 Å². The quantitative estimate of drug-likeness (QED) is 0.731. The zero-order valence-corrected chi connectivity index (χ0v) is 13.6. The summed E-state index contributed by atoms with van der Waals surface area (Å²) >= 11 is 0. The van der Waals surface area contributed by atoms with E-state index in [1.54, 1.807) is 10.9 Å². The van der Waals surface area contributed by atoms with Crippen molar-refractivity contribution in [2.75, 3.05) is 6.61 Å². The number of hydrogen-bond donors (Lipinski definition) is 0. The summed E-state index contributed by atoms with van der Waals surface area (Å²) in [5.74, 6) is -0.814. The maximum atomic E-state index is 12.2. The minimum atomic E-state index is -0.491. The predicted molar refractivity (Wildman–Crippen MR) is 86.5 cm³/mol. The van der Waals surface area contributed by atoms with E-state index in [2.05, 4.69) is 4.98 Å². The summed E-state index contributed by atoms with van der Waals surface area (Å²) in [5.41, 5.74) is 1.43. The lowest BCUT2D eigenvalue weighted by Crippen LogP contribution is -2.17. The van der Waals surface area contributed by atoms with E-state index in [4.69, 9.17) is 9.47 Å². The normalized spacial score (nSPS) is 14.9. The van der Waals surface area contributed by atoms with Gasteiger partial charge in [-0.2, -0.15) is 0 Å². The van der Waals surface area contributed by atoms with E-state index < -0.39 is 5.97 Å². The van der Waals surface area contributed by atoms with Crippen molar-refractivity contribution in [1.29, 1.82) is 0 Å². The average molecular weight is 328 g/mol. The van der Waals surface area contributed by atoms with Gasteiger partial charge in [0.25, 0.3) is 0 Å². The van der Waals surface area contributed by atoms with Gasteiger partial charge in [-0.15, -0.1) is 0 Å². The molecule has 0 aliphatic heterocycles. The molecule has 1 atom stereocenters. The van der Waals surface area contributed by atoms with Crippen LogP contribution in [-0.4, -0.2) is 34.2 Å². The van der Waals surface area contributed by atoms with Gasteiger partial charge in [0.15, 0.2) is 0 Å². The molecule has 6 nitrogen and oxygen atoms in total. The minimum Gasteiger partial charge on any atom is -0.462 e. The van der Waals surface area contributed by atoms with E-state index in [0.717, 1.165) is 18.4 Å². The number of esters is 2. The summed E-state index contributed by atoms with van der Waals surface area (Å²) in [6.07, 6.45) is 5.09. The van der Waals surface area contributed by atoms with Crippen molar-refractivity contribution < 1.29 is 19.1 Å². The number of aromatic nitrogens is 2. The molecule has 0 bridgehead atoms. The van der Waals surface area contributed by atoms with Crippen LogP contribution in [0.25, 0.3) is 0 Å². The Morgan fingerprint density at radius 2 is 2.04 bits per heavy atom. The molecule has 1 aromatic heterocycles. The molecule has 0 amide bonds. The lowest BCUT2D eigenvalue weighted by Gasteiger charge is -2.16. The average Bonchev–Trinajstić information content (AvgIpc) is 3.26. The lowest BCUT2D eigenvalue weighted by molar-refractivity contribution is -0.145. The Bertz CT molecular complexity index is 707. The van der Waals surface area contributed by atoms with Gasteiger partial charge < -0.3 is 14.0 Å². The van der Waals surface area contributed by atoms with Crippen LogP contribution in [0, 0.1) is 0 Å². The molecule has 1 aliphatic carbocycles. The highest BCUT2D eigenvalue weighted by Crippen LogP contribution is 2.24. The third-order valence-corrected chi connectivity index (χ3v) is 3.94. The molecule has 24 heavy (non-hydrogen) atoms. The van der Waals surface area contributed by atoms with Crippen LogP contribution in [-0.2, 0) is 14.3 Å². The van der Waals surface area contributed by atoms with Crippen LogP contribution in [0.5, 0.6) is 0 Å². The fraction of sp³-hybridized carbons (Fsp3) is 0.389. The molecule has 1 fully saturated rings. The van der Waals surface area contributed by atoms with Crippen molar-refractivity contribution in [1.82, 2.24) is 9.55 Å². The van der Waals surface area contributed by atoms with Crippen molar-refractivity contribution in [3.8, 4) is 0 Å². The fourth-order valence-electron chi connectivity index (χ4n) is 2.40. The first-order valence-corrected chi connectivity index (χ1v) is 8.08. The highest BCUT2D eigenvalue weighted by atomic mass is 16.6. The number of rotatable bonds is 7. The summed E-state index contributed by atoms with van der Waals surface area (Å²) in [6.45, 7) is 2.00. The highest BCUT2D eigenvalue weighted by molar-refractivity contribution is 5.87. The molecule has 2 aromatic rings. The molecule has 1 unspecified atom stereocenters.